The fourth-order valence-corrected chi connectivity index (χ4v) is 1.95. The first-order valence-electron chi connectivity index (χ1n) is 5.45. The molecule has 0 saturated heterocycles. The van der Waals surface area contributed by atoms with Gasteiger partial charge in [0.05, 0.1) is 5.56 Å². The molecule has 1 aromatic carbocycles. The Bertz CT molecular complexity index is 510. The molecule has 1 heterocycles. The molecule has 0 spiro atoms. The van der Waals surface area contributed by atoms with Crippen LogP contribution in [-0.2, 0) is 6.42 Å². The maximum atomic E-state index is 5.26. The smallest absolute Gasteiger partial charge is 0.259 e. The molecule has 0 radical (unpaired) electrons. The number of rotatable bonds is 4. The van der Waals surface area contributed by atoms with Crippen LogP contribution in [-0.4, -0.2) is 23.7 Å². The van der Waals surface area contributed by atoms with E-state index in [1.807, 2.05) is 32.2 Å². The summed E-state index contributed by atoms with van der Waals surface area (Å²) in [6.07, 6.45) is 0.767. The maximum absolute atomic E-state index is 5.26. The lowest BCUT2D eigenvalue weighted by atomic mass is 10.1. The molecule has 0 aliphatic rings. The molecular formula is C12H14BrN3O. The summed E-state index contributed by atoms with van der Waals surface area (Å²) < 4.78 is 6.27. The van der Waals surface area contributed by atoms with Gasteiger partial charge in [0, 0.05) is 17.4 Å². The van der Waals surface area contributed by atoms with Crippen LogP contribution in [0.15, 0.2) is 27.2 Å². The number of likely N-dealkylation sites (N-methyl/N-ethyl adjacent to an activating group) is 1. The number of hydrogen-bond donors (Lipinski definition) is 1. The fraction of sp³-hybridized carbons (Fsp3) is 0.333. The van der Waals surface area contributed by atoms with Crippen LogP contribution < -0.4 is 5.32 Å². The maximum Gasteiger partial charge on any atom is 0.259 e. The van der Waals surface area contributed by atoms with Crippen LogP contribution >= 0.6 is 15.9 Å². The highest BCUT2D eigenvalue weighted by Crippen LogP contribution is 2.29. The Morgan fingerprint density at radius 1 is 1.41 bits per heavy atom. The lowest BCUT2D eigenvalue weighted by molar-refractivity contribution is 0.422. The number of benzene rings is 1. The minimum atomic E-state index is 0.562. The number of nitrogens with one attached hydrogen (secondary N) is 1. The topological polar surface area (TPSA) is 51.0 Å². The van der Waals surface area contributed by atoms with E-state index in [9.17, 15) is 0 Å². The Morgan fingerprint density at radius 3 is 3.00 bits per heavy atom. The summed E-state index contributed by atoms with van der Waals surface area (Å²) in [5.74, 6) is 1.29. The van der Waals surface area contributed by atoms with Crippen molar-refractivity contribution >= 4 is 15.9 Å². The number of aromatic nitrogens is 2. The van der Waals surface area contributed by atoms with E-state index >= 15 is 0 Å². The summed E-state index contributed by atoms with van der Waals surface area (Å²) in [4.78, 5) is 4.37. The number of aryl methyl sites for hydroxylation is 1. The first-order valence-corrected chi connectivity index (χ1v) is 6.24. The second kappa shape index (κ2) is 5.42. The molecule has 1 aromatic heterocycles. The van der Waals surface area contributed by atoms with Crippen LogP contribution in [0, 0.1) is 6.92 Å². The zero-order valence-corrected chi connectivity index (χ0v) is 11.4. The molecule has 4 nitrogen and oxygen atoms in total. The van der Waals surface area contributed by atoms with Gasteiger partial charge in [-0.1, -0.05) is 17.3 Å². The SMILES string of the molecule is CNCCc1noc(-c2cccc(C)c2Br)n1. The lowest BCUT2D eigenvalue weighted by Gasteiger charge is -2.01. The molecular weight excluding hydrogens is 282 g/mol. The number of hydrogen-bond acceptors (Lipinski definition) is 4. The van der Waals surface area contributed by atoms with Gasteiger partial charge in [-0.2, -0.15) is 4.98 Å². The standard InChI is InChI=1S/C12H14BrN3O/c1-8-4-3-5-9(11(8)13)12-15-10(16-17-12)6-7-14-2/h3-5,14H,6-7H2,1-2H3. The van der Waals surface area contributed by atoms with E-state index in [4.69, 9.17) is 4.52 Å². The third-order valence-electron chi connectivity index (χ3n) is 2.49. The first-order chi connectivity index (χ1) is 8.22. The van der Waals surface area contributed by atoms with Gasteiger partial charge in [-0.25, -0.2) is 0 Å². The Labute approximate surface area is 109 Å². The Kier molecular flexibility index (Phi) is 3.91. The average molecular weight is 296 g/mol. The molecule has 0 fully saturated rings. The summed E-state index contributed by atoms with van der Waals surface area (Å²) >= 11 is 3.54. The van der Waals surface area contributed by atoms with Gasteiger partial charge < -0.3 is 9.84 Å². The first kappa shape index (κ1) is 12.3. The van der Waals surface area contributed by atoms with E-state index in [-0.39, 0.29) is 0 Å². The molecule has 90 valence electrons. The molecule has 0 unspecified atom stereocenters. The molecule has 0 atom stereocenters. The van der Waals surface area contributed by atoms with Crippen molar-refractivity contribution in [3.05, 3.63) is 34.1 Å². The molecule has 2 rings (SSSR count). The van der Waals surface area contributed by atoms with Gasteiger partial charge in [-0.05, 0) is 41.5 Å². The second-order valence-corrected chi connectivity index (χ2v) is 4.60. The minimum absolute atomic E-state index is 0.562. The summed E-state index contributed by atoms with van der Waals surface area (Å²) in [6.45, 7) is 2.87. The van der Waals surface area contributed by atoms with Crippen molar-refractivity contribution in [3.8, 4) is 11.5 Å². The second-order valence-electron chi connectivity index (χ2n) is 3.81. The minimum Gasteiger partial charge on any atom is -0.334 e. The normalized spacial score (nSPS) is 10.8. The molecule has 1 N–H and O–H groups in total. The number of halogens is 1. The summed E-state index contributed by atoms with van der Waals surface area (Å²) in [5.41, 5.74) is 2.09. The van der Waals surface area contributed by atoms with Crippen molar-refractivity contribution in [1.29, 1.82) is 0 Å². The van der Waals surface area contributed by atoms with Crippen LogP contribution in [0.2, 0.25) is 0 Å². The van der Waals surface area contributed by atoms with Crippen LogP contribution in [0.25, 0.3) is 11.5 Å². The molecule has 0 saturated carbocycles. The van der Waals surface area contributed by atoms with E-state index in [1.54, 1.807) is 0 Å². The summed E-state index contributed by atoms with van der Waals surface area (Å²) in [5, 5.41) is 7.01. The number of nitrogens with zero attached hydrogens (tertiary/aromatic N) is 2. The highest BCUT2D eigenvalue weighted by Gasteiger charge is 2.12. The van der Waals surface area contributed by atoms with Gasteiger partial charge in [0.25, 0.3) is 5.89 Å². The van der Waals surface area contributed by atoms with Crippen molar-refractivity contribution in [2.75, 3.05) is 13.6 Å². The lowest BCUT2D eigenvalue weighted by Crippen LogP contribution is -2.11. The Morgan fingerprint density at radius 2 is 2.24 bits per heavy atom. The quantitative estimate of drug-likeness (QED) is 0.942. The zero-order valence-electron chi connectivity index (χ0n) is 9.83. The van der Waals surface area contributed by atoms with Gasteiger partial charge in [0.2, 0.25) is 0 Å². The Hall–Kier alpha value is -1.20. The monoisotopic (exact) mass is 295 g/mol. The van der Waals surface area contributed by atoms with Gasteiger partial charge in [-0.15, -0.1) is 0 Å². The van der Waals surface area contributed by atoms with Crippen LogP contribution in [0.5, 0.6) is 0 Å². The zero-order chi connectivity index (χ0) is 12.3. The van der Waals surface area contributed by atoms with Crippen molar-refractivity contribution in [2.45, 2.75) is 13.3 Å². The molecule has 17 heavy (non-hydrogen) atoms. The molecule has 0 aliphatic carbocycles. The highest BCUT2D eigenvalue weighted by molar-refractivity contribution is 9.10. The van der Waals surface area contributed by atoms with E-state index < -0.39 is 0 Å². The molecule has 5 heteroatoms. The average Bonchev–Trinajstić information content (AvgIpc) is 2.78. The third kappa shape index (κ3) is 2.73. The predicted octanol–water partition coefficient (Wildman–Crippen LogP) is 2.57. The van der Waals surface area contributed by atoms with Crippen molar-refractivity contribution in [3.63, 3.8) is 0 Å². The molecule has 0 amide bonds. The van der Waals surface area contributed by atoms with Gasteiger partial charge in [-0.3, -0.25) is 0 Å². The van der Waals surface area contributed by atoms with Crippen molar-refractivity contribution in [1.82, 2.24) is 15.5 Å². The fourth-order valence-electron chi connectivity index (χ4n) is 1.51. The van der Waals surface area contributed by atoms with Gasteiger partial charge >= 0.3 is 0 Å². The van der Waals surface area contributed by atoms with E-state index in [1.165, 1.54) is 0 Å². The largest absolute Gasteiger partial charge is 0.334 e. The van der Waals surface area contributed by atoms with E-state index in [0.717, 1.165) is 34.4 Å². The van der Waals surface area contributed by atoms with Crippen molar-refractivity contribution < 1.29 is 4.52 Å². The summed E-state index contributed by atoms with van der Waals surface area (Å²) in [6, 6.07) is 5.98. The van der Waals surface area contributed by atoms with Gasteiger partial charge in [0.15, 0.2) is 5.82 Å². The highest BCUT2D eigenvalue weighted by atomic mass is 79.9. The van der Waals surface area contributed by atoms with Crippen LogP contribution in [0.4, 0.5) is 0 Å². The van der Waals surface area contributed by atoms with E-state index in [2.05, 4.69) is 31.4 Å². The van der Waals surface area contributed by atoms with Crippen molar-refractivity contribution in [2.24, 2.45) is 0 Å². The predicted molar refractivity (Wildman–Crippen MR) is 69.8 cm³/mol. The van der Waals surface area contributed by atoms with Gasteiger partial charge in [0.1, 0.15) is 0 Å². The molecule has 0 aliphatic heterocycles. The van der Waals surface area contributed by atoms with E-state index in [0.29, 0.717) is 5.89 Å². The molecule has 2 aromatic rings. The van der Waals surface area contributed by atoms with Crippen LogP contribution in [0.1, 0.15) is 11.4 Å². The molecule has 0 bridgehead atoms. The third-order valence-corrected chi connectivity index (χ3v) is 3.54. The van der Waals surface area contributed by atoms with Crippen LogP contribution in [0.3, 0.4) is 0 Å². The summed E-state index contributed by atoms with van der Waals surface area (Å²) in [7, 11) is 1.90. The Balaban J connectivity index is 2.27.